The summed E-state index contributed by atoms with van der Waals surface area (Å²) in [7, 11) is 1.55. The molecule has 0 aliphatic carbocycles. The number of nitriles is 1. The molecule has 0 spiro atoms. The molecule has 80 valence electrons. The maximum absolute atomic E-state index is 11.4. The van der Waals surface area contributed by atoms with Gasteiger partial charge in [-0.15, -0.1) is 0 Å². The Morgan fingerprint density at radius 3 is 2.43 bits per heavy atom. The zero-order chi connectivity index (χ0) is 11.0. The highest BCUT2D eigenvalue weighted by Gasteiger charge is 2.27. The molecule has 0 atom stereocenters. The van der Waals surface area contributed by atoms with E-state index in [4.69, 9.17) is 10.00 Å². The number of amides is 1. The van der Waals surface area contributed by atoms with Crippen molar-refractivity contribution in [1.82, 2.24) is 5.32 Å². The van der Waals surface area contributed by atoms with Gasteiger partial charge in [0.2, 0.25) is 5.91 Å². The first-order valence-corrected chi connectivity index (χ1v) is 4.85. The van der Waals surface area contributed by atoms with Crippen LogP contribution in [0.15, 0.2) is 0 Å². The van der Waals surface area contributed by atoms with Gasteiger partial charge in [-0.05, 0) is 12.8 Å². The normalized spacial score (nSPS) is 10.7. The van der Waals surface area contributed by atoms with Crippen molar-refractivity contribution in [1.29, 1.82) is 5.26 Å². The predicted molar refractivity (Wildman–Crippen MR) is 53.6 cm³/mol. The quantitative estimate of drug-likeness (QED) is 0.698. The van der Waals surface area contributed by atoms with E-state index in [1.165, 1.54) is 0 Å². The van der Waals surface area contributed by atoms with Crippen molar-refractivity contribution in [3.8, 4) is 6.07 Å². The number of ether oxygens (including phenoxy) is 1. The molecule has 4 heteroatoms. The van der Waals surface area contributed by atoms with E-state index in [0.29, 0.717) is 25.9 Å². The number of methoxy groups -OCH3 is 1. The van der Waals surface area contributed by atoms with Crippen molar-refractivity contribution in [2.75, 3.05) is 13.7 Å². The van der Waals surface area contributed by atoms with E-state index in [9.17, 15) is 4.79 Å². The Morgan fingerprint density at radius 1 is 1.50 bits per heavy atom. The first kappa shape index (κ1) is 12.9. The molecule has 0 rings (SSSR count). The van der Waals surface area contributed by atoms with Crippen molar-refractivity contribution in [3.63, 3.8) is 0 Å². The Kier molecular flexibility index (Phi) is 5.89. The Morgan fingerprint density at radius 2 is 2.07 bits per heavy atom. The third-order valence-electron chi connectivity index (χ3n) is 2.33. The predicted octanol–water partition coefficient (Wildman–Crippen LogP) is 1.22. The molecule has 0 aliphatic rings. The second-order valence-electron chi connectivity index (χ2n) is 3.19. The van der Waals surface area contributed by atoms with Crippen LogP contribution in [0.1, 0.15) is 33.1 Å². The lowest BCUT2D eigenvalue weighted by Crippen LogP contribution is -2.46. The van der Waals surface area contributed by atoms with Gasteiger partial charge < -0.3 is 10.1 Å². The summed E-state index contributed by atoms with van der Waals surface area (Å²) < 4.78 is 4.78. The van der Waals surface area contributed by atoms with Gasteiger partial charge in [-0.3, -0.25) is 4.79 Å². The van der Waals surface area contributed by atoms with E-state index in [2.05, 4.69) is 11.4 Å². The lowest BCUT2D eigenvalue weighted by atomic mass is 9.94. The van der Waals surface area contributed by atoms with Gasteiger partial charge in [-0.1, -0.05) is 13.8 Å². The van der Waals surface area contributed by atoms with Crippen LogP contribution in [0.2, 0.25) is 0 Å². The van der Waals surface area contributed by atoms with Crippen LogP contribution in [0.25, 0.3) is 0 Å². The lowest BCUT2D eigenvalue weighted by molar-refractivity contribution is -0.123. The van der Waals surface area contributed by atoms with Gasteiger partial charge in [0.1, 0.15) is 5.54 Å². The van der Waals surface area contributed by atoms with Gasteiger partial charge in [0.15, 0.2) is 0 Å². The number of nitrogens with zero attached hydrogens (tertiary/aromatic N) is 1. The molecular formula is C10H18N2O2. The average Bonchev–Trinajstić information content (AvgIpc) is 2.23. The van der Waals surface area contributed by atoms with Gasteiger partial charge in [-0.2, -0.15) is 5.26 Å². The third kappa shape index (κ3) is 3.75. The van der Waals surface area contributed by atoms with Gasteiger partial charge >= 0.3 is 0 Å². The number of hydrogen-bond donors (Lipinski definition) is 1. The highest BCUT2D eigenvalue weighted by Crippen LogP contribution is 2.13. The van der Waals surface area contributed by atoms with Crippen molar-refractivity contribution < 1.29 is 9.53 Å². The molecule has 0 radical (unpaired) electrons. The fourth-order valence-corrected chi connectivity index (χ4v) is 1.14. The molecule has 1 amide bonds. The summed E-state index contributed by atoms with van der Waals surface area (Å²) in [5.74, 6) is -0.128. The summed E-state index contributed by atoms with van der Waals surface area (Å²) in [6.07, 6.45) is 1.55. The average molecular weight is 198 g/mol. The molecule has 1 N–H and O–H groups in total. The zero-order valence-corrected chi connectivity index (χ0v) is 9.09. The molecule has 0 saturated carbocycles. The van der Waals surface area contributed by atoms with Crippen LogP contribution >= 0.6 is 0 Å². The molecule has 4 nitrogen and oxygen atoms in total. The number of rotatable bonds is 6. The van der Waals surface area contributed by atoms with Crippen LogP contribution in [0.5, 0.6) is 0 Å². The Hall–Kier alpha value is -1.08. The Bertz CT molecular complexity index is 217. The summed E-state index contributed by atoms with van der Waals surface area (Å²) in [6.45, 7) is 4.17. The van der Waals surface area contributed by atoms with E-state index in [-0.39, 0.29) is 5.91 Å². The molecular weight excluding hydrogens is 180 g/mol. The molecule has 0 aromatic rings. The van der Waals surface area contributed by atoms with Gasteiger partial charge in [0.05, 0.1) is 12.7 Å². The summed E-state index contributed by atoms with van der Waals surface area (Å²) in [4.78, 5) is 11.4. The number of nitrogens with one attached hydrogen (secondary N) is 1. The molecule has 0 aromatic carbocycles. The monoisotopic (exact) mass is 198 g/mol. The molecule has 0 fully saturated rings. The van der Waals surface area contributed by atoms with Crippen LogP contribution in [-0.4, -0.2) is 25.2 Å². The number of carbonyl (C=O) groups is 1. The second kappa shape index (κ2) is 6.39. The topological polar surface area (TPSA) is 62.1 Å². The van der Waals surface area contributed by atoms with Crippen LogP contribution in [0, 0.1) is 11.3 Å². The van der Waals surface area contributed by atoms with Crippen LogP contribution < -0.4 is 5.32 Å². The van der Waals surface area contributed by atoms with E-state index >= 15 is 0 Å². The van der Waals surface area contributed by atoms with Crippen LogP contribution in [0.3, 0.4) is 0 Å². The van der Waals surface area contributed by atoms with Crippen molar-refractivity contribution in [2.45, 2.75) is 38.6 Å². The highest BCUT2D eigenvalue weighted by molar-refractivity contribution is 5.77. The van der Waals surface area contributed by atoms with E-state index in [1.54, 1.807) is 7.11 Å². The SMILES string of the molecule is CCC(C#N)(CC)NC(=O)CCOC. The van der Waals surface area contributed by atoms with Crippen LogP contribution in [0.4, 0.5) is 0 Å². The first-order valence-electron chi connectivity index (χ1n) is 4.85. The van der Waals surface area contributed by atoms with Crippen molar-refractivity contribution in [2.24, 2.45) is 0 Å². The van der Waals surface area contributed by atoms with Crippen molar-refractivity contribution in [3.05, 3.63) is 0 Å². The molecule has 0 unspecified atom stereocenters. The molecule has 0 aliphatic heterocycles. The minimum Gasteiger partial charge on any atom is -0.384 e. The molecule has 0 saturated heterocycles. The standard InChI is InChI=1S/C10H18N2O2/c1-4-10(5-2,8-11)12-9(13)6-7-14-3/h4-7H2,1-3H3,(H,12,13). The van der Waals surface area contributed by atoms with Gasteiger partial charge in [0.25, 0.3) is 0 Å². The summed E-state index contributed by atoms with van der Waals surface area (Å²) in [5, 5.41) is 11.7. The Balaban J connectivity index is 4.18. The zero-order valence-electron chi connectivity index (χ0n) is 9.09. The largest absolute Gasteiger partial charge is 0.384 e. The highest BCUT2D eigenvalue weighted by atomic mass is 16.5. The molecule has 0 heterocycles. The van der Waals surface area contributed by atoms with E-state index in [0.717, 1.165) is 0 Å². The first-order chi connectivity index (χ1) is 6.64. The maximum atomic E-state index is 11.4. The fourth-order valence-electron chi connectivity index (χ4n) is 1.14. The fraction of sp³-hybridized carbons (Fsp3) is 0.800. The van der Waals surface area contributed by atoms with Gasteiger partial charge in [-0.25, -0.2) is 0 Å². The maximum Gasteiger partial charge on any atom is 0.223 e. The summed E-state index contributed by atoms with van der Waals surface area (Å²) >= 11 is 0. The summed E-state index contributed by atoms with van der Waals surface area (Å²) in [6, 6.07) is 2.15. The van der Waals surface area contributed by atoms with Crippen molar-refractivity contribution >= 4 is 5.91 Å². The summed E-state index contributed by atoms with van der Waals surface area (Å²) in [5.41, 5.74) is -0.704. The van der Waals surface area contributed by atoms with E-state index in [1.807, 2.05) is 13.8 Å². The smallest absolute Gasteiger partial charge is 0.223 e. The Labute approximate surface area is 85.2 Å². The molecule has 14 heavy (non-hydrogen) atoms. The minimum absolute atomic E-state index is 0.128. The third-order valence-corrected chi connectivity index (χ3v) is 2.33. The second-order valence-corrected chi connectivity index (χ2v) is 3.19. The van der Waals surface area contributed by atoms with Gasteiger partial charge in [0, 0.05) is 13.5 Å². The lowest BCUT2D eigenvalue weighted by Gasteiger charge is -2.24. The minimum atomic E-state index is -0.704. The van der Waals surface area contributed by atoms with Crippen LogP contribution in [-0.2, 0) is 9.53 Å². The van der Waals surface area contributed by atoms with E-state index < -0.39 is 5.54 Å². The molecule has 0 aromatic heterocycles. The number of hydrogen-bond acceptors (Lipinski definition) is 3. The number of carbonyl (C=O) groups excluding carboxylic acids is 1. The molecule has 0 bridgehead atoms.